The van der Waals surface area contributed by atoms with Crippen molar-refractivity contribution in [3.8, 4) is 0 Å². The van der Waals surface area contributed by atoms with Crippen LogP contribution in [0.25, 0.3) is 0 Å². The van der Waals surface area contributed by atoms with E-state index in [0.29, 0.717) is 32.1 Å². The lowest BCUT2D eigenvalue weighted by atomic mass is 9.83. The molecule has 1 aliphatic carbocycles. The van der Waals surface area contributed by atoms with E-state index in [9.17, 15) is 37.2 Å². The molecule has 2 aromatic rings. The number of amides is 5. The topological polar surface area (TPSA) is 223 Å². The first-order valence-electron chi connectivity index (χ1n) is 21.3. The molecule has 16 heteroatoms. The first-order chi connectivity index (χ1) is 28.6. The van der Waals surface area contributed by atoms with E-state index >= 15 is 0 Å². The zero-order chi connectivity index (χ0) is 43.8. The van der Waals surface area contributed by atoms with Crippen molar-refractivity contribution in [1.82, 2.24) is 25.6 Å². The molecular weight excluding hydrogens is 789 g/mol. The molecule has 6 atom stereocenters. The van der Waals surface area contributed by atoms with Gasteiger partial charge in [-0.25, -0.2) is 13.1 Å². The van der Waals surface area contributed by atoms with Gasteiger partial charge in [-0.2, -0.15) is 0 Å². The van der Waals surface area contributed by atoms with Gasteiger partial charge in [0.1, 0.15) is 18.1 Å². The molecule has 1 heterocycles. The number of carbonyl (C=O) groups is 6. The molecule has 330 valence electrons. The number of nitrogens with two attached hydrogens (primary N) is 1. The molecule has 60 heavy (non-hydrogen) atoms. The standard InChI is InChI=1S/C44H64N6O9S/c1-5-16-35(39(51)43(55)46-24-15-23-34(40(45)52)31-19-11-7-12-20-31)47-42(54)37-26-33(59-28-30-17-9-6-10-18-30)27-50(37)44(56)38(32-21-13-8-14-22-32)48-41(53)36(25-29(2)3)49-60(4,57)58/h6-7,9-12,17-20,29,32-38,49H,5,8,13-16,21-28H2,1-4H3,(H2,45,52)(H,46,55)(H,47,54)(H,48,53). The number of carbonyl (C=O) groups excluding carboxylic acids is 6. The minimum absolute atomic E-state index is 0.0298. The van der Waals surface area contributed by atoms with Crippen LogP contribution in [-0.4, -0.2) is 98.3 Å². The predicted molar refractivity (Wildman–Crippen MR) is 227 cm³/mol. The van der Waals surface area contributed by atoms with Crippen molar-refractivity contribution in [2.45, 2.75) is 134 Å². The van der Waals surface area contributed by atoms with Gasteiger partial charge < -0.3 is 31.3 Å². The largest absolute Gasteiger partial charge is 0.372 e. The lowest BCUT2D eigenvalue weighted by molar-refractivity contribution is -0.144. The Bertz CT molecular complexity index is 1860. The fourth-order valence-corrected chi connectivity index (χ4v) is 8.88. The number of primary amides is 1. The zero-order valence-corrected chi connectivity index (χ0v) is 36.2. The summed E-state index contributed by atoms with van der Waals surface area (Å²) in [6.45, 7) is 5.91. The summed E-state index contributed by atoms with van der Waals surface area (Å²) in [5, 5.41) is 8.29. The van der Waals surface area contributed by atoms with Crippen LogP contribution in [0.15, 0.2) is 60.7 Å². The van der Waals surface area contributed by atoms with Gasteiger partial charge in [0.2, 0.25) is 39.4 Å². The molecule has 0 radical (unpaired) electrons. The number of nitrogens with zero attached hydrogens (tertiary/aromatic N) is 1. The number of nitrogens with one attached hydrogen (secondary N) is 4. The molecule has 1 aliphatic heterocycles. The summed E-state index contributed by atoms with van der Waals surface area (Å²) in [6.07, 6.45) is 6.04. The SMILES string of the molecule is CCCC(NC(=O)C1CC(OCc2ccccc2)CN1C(=O)C(NC(=O)C(CC(C)C)NS(C)(=O)=O)C1CCCCC1)C(=O)C(=O)NCCCC(C(N)=O)c1ccccc1. The average molecular weight is 853 g/mol. The Morgan fingerprint density at radius 2 is 1.53 bits per heavy atom. The molecule has 6 unspecified atom stereocenters. The Balaban J connectivity index is 1.52. The molecular formula is C44H64N6O9S. The number of sulfonamides is 1. The quantitative estimate of drug-likeness (QED) is 0.0817. The molecule has 2 fully saturated rings. The summed E-state index contributed by atoms with van der Waals surface area (Å²) in [7, 11) is -3.77. The minimum Gasteiger partial charge on any atom is -0.372 e. The number of benzene rings is 2. The van der Waals surface area contributed by atoms with Gasteiger partial charge in [0, 0.05) is 19.5 Å². The van der Waals surface area contributed by atoms with Crippen molar-refractivity contribution >= 4 is 45.3 Å². The highest BCUT2D eigenvalue weighted by molar-refractivity contribution is 7.88. The Morgan fingerprint density at radius 1 is 0.883 bits per heavy atom. The van der Waals surface area contributed by atoms with Crippen molar-refractivity contribution in [1.29, 1.82) is 0 Å². The normalized spacial score (nSPS) is 19.2. The molecule has 5 amide bonds. The van der Waals surface area contributed by atoms with Gasteiger partial charge in [0.25, 0.3) is 5.91 Å². The first kappa shape index (κ1) is 48.0. The van der Waals surface area contributed by atoms with E-state index in [1.54, 1.807) is 12.1 Å². The van der Waals surface area contributed by atoms with Crippen LogP contribution in [0, 0.1) is 11.8 Å². The van der Waals surface area contributed by atoms with Gasteiger partial charge in [0.05, 0.1) is 30.9 Å². The summed E-state index contributed by atoms with van der Waals surface area (Å²) >= 11 is 0. The summed E-state index contributed by atoms with van der Waals surface area (Å²) in [5.74, 6) is -4.82. The molecule has 0 aromatic heterocycles. The molecule has 4 rings (SSSR count). The summed E-state index contributed by atoms with van der Waals surface area (Å²) in [4.78, 5) is 83.2. The Hall–Kier alpha value is -4.67. The second-order valence-corrected chi connectivity index (χ2v) is 18.4. The fraction of sp³-hybridized carbons (Fsp3) is 0.591. The lowest BCUT2D eigenvalue weighted by Crippen LogP contribution is -2.60. The maximum absolute atomic E-state index is 14.8. The number of hydrogen-bond acceptors (Lipinski definition) is 9. The second-order valence-electron chi connectivity index (χ2n) is 16.6. The van der Waals surface area contributed by atoms with Crippen LogP contribution in [0.2, 0.25) is 0 Å². The first-order valence-corrected chi connectivity index (χ1v) is 23.2. The van der Waals surface area contributed by atoms with Gasteiger partial charge in [-0.05, 0) is 61.5 Å². The summed E-state index contributed by atoms with van der Waals surface area (Å²) in [6, 6.07) is 14.1. The van der Waals surface area contributed by atoms with Gasteiger partial charge in [0.15, 0.2) is 0 Å². The average Bonchev–Trinajstić information content (AvgIpc) is 3.66. The molecule has 2 aliphatic rings. The number of ether oxygens (including phenoxy) is 1. The number of rotatable bonds is 23. The van der Waals surface area contributed by atoms with Crippen LogP contribution < -0.4 is 26.4 Å². The molecule has 1 saturated heterocycles. The zero-order valence-electron chi connectivity index (χ0n) is 35.4. The molecule has 2 aromatic carbocycles. The van der Waals surface area contributed by atoms with Gasteiger partial charge in [-0.15, -0.1) is 0 Å². The van der Waals surface area contributed by atoms with Crippen LogP contribution in [-0.2, 0) is 50.1 Å². The molecule has 6 N–H and O–H groups in total. The fourth-order valence-electron chi connectivity index (χ4n) is 8.16. The molecule has 1 saturated carbocycles. The van der Waals surface area contributed by atoms with Crippen molar-refractivity contribution in [3.63, 3.8) is 0 Å². The van der Waals surface area contributed by atoms with E-state index < -0.39 is 81.5 Å². The Morgan fingerprint density at radius 3 is 2.13 bits per heavy atom. The van der Waals surface area contributed by atoms with Crippen LogP contribution in [0.3, 0.4) is 0 Å². The van der Waals surface area contributed by atoms with Crippen LogP contribution in [0.5, 0.6) is 0 Å². The van der Waals surface area contributed by atoms with Gasteiger partial charge >= 0.3 is 0 Å². The number of Topliss-reactive ketones (excluding diaryl/α,β-unsaturated/α-hetero) is 1. The van der Waals surface area contributed by atoms with E-state index in [1.807, 2.05) is 69.3 Å². The van der Waals surface area contributed by atoms with Gasteiger partial charge in [-0.3, -0.25) is 28.8 Å². The van der Waals surface area contributed by atoms with Crippen molar-refractivity contribution in [2.75, 3.05) is 19.3 Å². The second kappa shape index (κ2) is 23.4. The maximum Gasteiger partial charge on any atom is 0.289 e. The number of hydrogen-bond donors (Lipinski definition) is 5. The van der Waals surface area contributed by atoms with E-state index in [-0.39, 0.29) is 50.8 Å². The highest BCUT2D eigenvalue weighted by atomic mass is 32.2. The minimum atomic E-state index is -3.77. The highest BCUT2D eigenvalue weighted by Gasteiger charge is 2.46. The third-order valence-corrected chi connectivity index (χ3v) is 11.9. The van der Waals surface area contributed by atoms with Gasteiger partial charge in [-0.1, -0.05) is 107 Å². The maximum atomic E-state index is 14.8. The molecule has 0 bridgehead atoms. The van der Waals surface area contributed by atoms with E-state index in [1.165, 1.54) is 4.90 Å². The summed E-state index contributed by atoms with van der Waals surface area (Å²) in [5.41, 5.74) is 7.30. The Kier molecular flexibility index (Phi) is 18.7. The molecule has 15 nitrogen and oxygen atoms in total. The van der Waals surface area contributed by atoms with Crippen LogP contribution >= 0.6 is 0 Å². The third kappa shape index (κ3) is 14.8. The highest BCUT2D eigenvalue weighted by Crippen LogP contribution is 2.31. The molecule has 0 spiro atoms. The van der Waals surface area contributed by atoms with E-state index in [0.717, 1.165) is 36.6 Å². The van der Waals surface area contributed by atoms with E-state index in [4.69, 9.17) is 10.5 Å². The third-order valence-electron chi connectivity index (χ3n) is 11.2. The summed E-state index contributed by atoms with van der Waals surface area (Å²) < 4.78 is 33.2. The monoisotopic (exact) mass is 852 g/mol. The van der Waals surface area contributed by atoms with E-state index in [2.05, 4.69) is 20.7 Å². The Labute approximate surface area is 354 Å². The van der Waals surface area contributed by atoms with Crippen molar-refractivity contribution in [3.05, 3.63) is 71.8 Å². The smallest absolute Gasteiger partial charge is 0.289 e. The van der Waals surface area contributed by atoms with Crippen LogP contribution in [0.4, 0.5) is 0 Å². The lowest BCUT2D eigenvalue weighted by Gasteiger charge is -2.35. The number of likely N-dealkylation sites (tertiary alicyclic amines) is 1. The van der Waals surface area contributed by atoms with Crippen molar-refractivity contribution in [2.24, 2.45) is 17.6 Å². The van der Waals surface area contributed by atoms with Crippen LogP contribution in [0.1, 0.15) is 108 Å². The predicted octanol–water partition coefficient (Wildman–Crippen LogP) is 3.22. The number of ketones is 1. The van der Waals surface area contributed by atoms with Crippen molar-refractivity contribution < 1.29 is 41.9 Å².